The molecule has 0 saturated carbocycles. The molecule has 0 amide bonds. The molecule has 1 atom stereocenters. The minimum absolute atomic E-state index is 0.0125. The first kappa shape index (κ1) is 18.4. The Balaban J connectivity index is 2.15. The van der Waals surface area contributed by atoms with Crippen LogP contribution in [0.25, 0.3) is 0 Å². The summed E-state index contributed by atoms with van der Waals surface area (Å²) in [4.78, 5) is 34.9. The number of nitro benzene ring substituents is 1. The van der Waals surface area contributed by atoms with Crippen molar-refractivity contribution in [2.24, 2.45) is 0 Å². The van der Waals surface area contributed by atoms with Gasteiger partial charge >= 0.3 is 5.97 Å². The molecule has 0 radical (unpaired) electrons. The minimum Gasteiger partial charge on any atom is -0.451 e. The highest BCUT2D eigenvalue weighted by Crippen LogP contribution is 2.25. The van der Waals surface area contributed by atoms with Gasteiger partial charge in [0, 0.05) is 23.7 Å². The zero-order valence-corrected chi connectivity index (χ0v) is 14.2. The summed E-state index contributed by atoms with van der Waals surface area (Å²) in [7, 11) is 1.53. The van der Waals surface area contributed by atoms with Crippen molar-refractivity contribution in [2.75, 3.05) is 12.4 Å². The molecule has 2 aromatic rings. The van der Waals surface area contributed by atoms with E-state index in [-0.39, 0.29) is 16.9 Å². The molecule has 25 heavy (non-hydrogen) atoms. The third kappa shape index (κ3) is 4.33. The molecule has 1 N–H and O–H groups in total. The summed E-state index contributed by atoms with van der Waals surface area (Å²) in [5.74, 6) is -1.22. The van der Waals surface area contributed by atoms with E-state index in [1.165, 1.54) is 38.2 Å². The van der Waals surface area contributed by atoms with Gasteiger partial charge in [-0.25, -0.2) is 4.79 Å². The van der Waals surface area contributed by atoms with Crippen molar-refractivity contribution in [3.63, 3.8) is 0 Å². The molecule has 2 rings (SSSR count). The van der Waals surface area contributed by atoms with Gasteiger partial charge < -0.3 is 10.1 Å². The van der Waals surface area contributed by atoms with Crippen LogP contribution >= 0.6 is 11.6 Å². The summed E-state index contributed by atoms with van der Waals surface area (Å²) < 4.78 is 5.13. The minimum atomic E-state index is -1.04. The summed E-state index contributed by atoms with van der Waals surface area (Å²) in [6.07, 6.45) is -1.04. The summed E-state index contributed by atoms with van der Waals surface area (Å²) in [5, 5.41) is 14.2. The first-order chi connectivity index (χ1) is 11.8. The number of hydrogen-bond donors (Lipinski definition) is 1. The van der Waals surface area contributed by atoms with Gasteiger partial charge in [0.15, 0.2) is 6.10 Å². The molecule has 0 aliphatic rings. The van der Waals surface area contributed by atoms with Crippen molar-refractivity contribution in [3.05, 3.63) is 68.7 Å². The third-order valence-electron chi connectivity index (χ3n) is 3.48. The molecule has 0 aliphatic carbocycles. The van der Waals surface area contributed by atoms with Crippen LogP contribution in [0.1, 0.15) is 27.6 Å². The van der Waals surface area contributed by atoms with Crippen molar-refractivity contribution in [2.45, 2.75) is 13.0 Å². The zero-order valence-electron chi connectivity index (χ0n) is 13.5. The Kier molecular flexibility index (Phi) is 5.71. The quantitative estimate of drug-likeness (QED) is 0.364. The predicted molar refractivity (Wildman–Crippen MR) is 93.3 cm³/mol. The normalized spacial score (nSPS) is 11.5. The first-order valence-corrected chi connectivity index (χ1v) is 7.68. The van der Waals surface area contributed by atoms with E-state index in [0.29, 0.717) is 10.6 Å². The average Bonchev–Trinajstić information content (AvgIpc) is 2.60. The van der Waals surface area contributed by atoms with Crippen molar-refractivity contribution < 1.29 is 19.2 Å². The second kappa shape index (κ2) is 7.76. The topological polar surface area (TPSA) is 98.5 Å². The highest BCUT2D eigenvalue weighted by Gasteiger charge is 2.23. The fourth-order valence-corrected chi connectivity index (χ4v) is 2.28. The number of nitrogens with zero attached hydrogens (tertiary/aromatic N) is 1. The Morgan fingerprint density at radius 1 is 1.16 bits per heavy atom. The number of rotatable bonds is 6. The van der Waals surface area contributed by atoms with Crippen molar-refractivity contribution >= 4 is 34.7 Å². The Labute approximate surface area is 148 Å². The molecular weight excluding hydrogens is 348 g/mol. The van der Waals surface area contributed by atoms with Crippen LogP contribution in [0.5, 0.6) is 0 Å². The van der Waals surface area contributed by atoms with Gasteiger partial charge in [-0.1, -0.05) is 11.6 Å². The second-order valence-corrected chi connectivity index (χ2v) is 5.59. The van der Waals surface area contributed by atoms with Gasteiger partial charge in [0.05, 0.1) is 10.5 Å². The lowest BCUT2D eigenvalue weighted by atomic mass is 10.1. The van der Waals surface area contributed by atoms with Crippen LogP contribution in [0, 0.1) is 10.1 Å². The number of nitrogens with one attached hydrogen (secondary N) is 1. The monoisotopic (exact) mass is 362 g/mol. The molecule has 0 aliphatic heterocycles. The standard InChI is InChI=1S/C17H15ClN2O5/c1-10(16(21)11-3-6-13(18)7-4-11)25-17(22)12-5-8-14(19-2)15(9-12)20(23)24/h3-10,19H,1-2H3/t10-/m0/s1. The number of halogens is 1. The Bertz CT molecular complexity index is 820. The van der Waals surface area contributed by atoms with E-state index < -0.39 is 22.8 Å². The molecule has 7 nitrogen and oxygen atoms in total. The van der Waals surface area contributed by atoms with E-state index in [1.807, 2.05) is 0 Å². The summed E-state index contributed by atoms with van der Waals surface area (Å²) in [5.41, 5.74) is 0.350. The molecular formula is C17H15ClN2O5. The van der Waals surface area contributed by atoms with Crippen LogP contribution in [0.4, 0.5) is 11.4 Å². The van der Waals surface area contributed by atoms with Gasteiger partial charge in [0.1, 0.15) is 5.69 Å². The highest BCUT2D eigenvalue weighted by molar-refractivity contribution is 6.30. The lowest BCUT2D eigenvalue weighted by Gasteiger charge is -2.13. The van der Waals surface area contributed by atoms with E-state index in [4.69, 9.17) is 16.3 Å². The molecule has 2 aromatic carbocycles. The largest absolute Gasteiger partial charge is 0.451 e. The summed E-state index contributed by atoms with van der Waals surface area (Å²) >= 11 is 5.77. The molecule has 0 bridgehead atoms. The first-order valence-electron chi connectivity index (χ1n) is 7.30. The number of anilines is 1. The van der Waals surface area contributed by atoms with Gasteiger partial charge in [-0.2, -0.15) is 0 Å². The zero-order chi connectivity index (χ0) is 18.6. The van der Waals surface area contributed by atoms with E-state index in [2.05, 4.69) is 5.32 Å². The number of hydrogen-bond acceptors (Lipinski definition) is 6. The Morgan fingerprint density at radius 2 is 1.76 bits per heavy atom. The number of nitro groups is 1. The highest BCUT2D eigenvalue weighted by atomic mass is 35.5. The van der Waals surface area contributed by atoms with Crippen LogP contribution in [0.2, 0.25) is 5.02 Å². The maximum Gasteiger partial charge on any atom is 0.339 e. The number of ether oxygens (including phenoxy) is 1. The van der Waals surface area contributed by atoms with E-state index >= 15 is 0 Å². The number of esters is 1. The fourth-order valence-electron chi connectivity index (χ4n) is 2.15. The Morgan fingerprint density at radius 3 is 2.32 bits per heavy atom. The van der Waals surface area contributed by atoms with Crippen LogP contribution in [0.15, 0.2) is 42.5 Å². The lowest BCUT2D eigenvalue weighted by Crippen LogP contribution is -2.24. The van der Waals surface area contributed by atoms with Crippen LogP contribution in [-0.4, -0.2) is 29.8 Å². The third-order valence-corrected chi connectivity index (χ3v) is 3.73. The summed E-state index contributed by atoms with van der Waals surface area (Å²) in [6.45, 7) is 1.44. The van der Waals surface area contributed by atoms with Gasteiger partial charge in [-0.15, -0.1) is 0 Å². The van der Waals surface area contributed by atoms with E-state index in [1.54, 1.807) is 12.1 Å². The van der Waals surface area contributed by atoms with Crippen LogP contribution < -0.4 is 5.32 Å². The van der Waals surface area contributed by atoms with Crippen molar-refractivity contribution in [1.82, 2.24) is 0 Å². The van der Waals surface area contributed by atoms with Gasteiger partial charge in [0.2, 0.25) is 5.78 Å². The van der Waals surface area contributed by atoms with E-state index in [0.717, 1.165) is 6.07 Å². The molecule has 0 unspecified atom stereocenters. The van der Waals surface area contributed by atoms with E-state index in [9.17, 15) is 19.7 Å². The number of ketones is 1. The number of carbonyl (C=O) groups is 2. The van der Waals surface area contributed by atoms with Crippen LogP contribution in [0.3, 0.4) is 0 Å². The molecule has 0 fully saturated rings. The molecule has 130 valence electrons. The van der Waals surface area contributed by atoms with Gasteiger partial charge in [0.25, 0.3) is 5.69 Å². The number of Topliss-reactive ketones (excluding diaryl/α,β-unsaturated/α-hetero) is 1. The number of benzene rings is 2. The van der Waals surface area contributed by atoms with Gasteiger partial charge in [-0.05, 0) is 43.3 Å². The molecule has 0 saturated heterocycles. The van der Waals surface area contributed by atoms with Crippen molar-refractivity contribution in [3.8, 4) is 0 Å². The molecule has 0 aromatic heterocycles. The Hall–Kier alpha value is -2.93. The molecule has 0 heterocycles. The maximum atomic E-state index is 12.3. The fraction of sp³-hybridized carbons (Fsp3) is 0.176. The predicted octanol–water partition coefficient (Wildman–Crippen LogP) is 3.72. The van der Waals surface area contributed by atoms with Crippen molar-refractivity contribution in [1.29, 1.82) is 0 Å². The molecule has 0 spiro atoms. The summed E-state index contributed by atoms with van der Waals surface area (Å²) in [6, 6.07) is 10.1. The number of carbonyl (C=O) groups excluding carboxylic acids is 2. The average molecular weight is 363 g/mol. The van der Waals surface area contributed by atoms with Gasteiger partial charge in [-0.3, -0.25) is 14.9 Å². The molecule has 8 heteroatoms. The lowest BCUT2D eigenvalue weighted by molar-refractivity contribution is -0.384. The second-order valence-electron chi connectivity index (χ2n) is 5.16. The SMILES string of the molecule is CNc1ccc(C(=O)O[C@@H](C)C(=O)c2ccc(Cl)cc2)cc1[N+](=O)[O-]. The maximum absolute atomic E-state index is 12.3. The smallest absolute Gasteiger partial charge is 0.339 e. The van der Waals surface area contributed by atoms with Crippen LogP contribution in [-0.2, 0) is 4.74 Å².